The van der Waals surface area contributed by atoms with Gasteiger partial charge in [0.25, 0.3) is 5.91 Å². The smallest absolute Gasteiger partial charge is 0.257 e. The van der Waals surface area contributed by atoms with Crippen LogP contribution in [0.3, 0.4) is 0 Å². The average molecular weight is 312 g/mol. The van der Waals surface area contributed by atoms with E-state index in [-0.39, 0.29) is 11.7 Å². The van der Waals surface area contributed by atoms with Crippen molar-refractivity contribution in [3.63, 3.8) is 0 Å². The van der Waals surface area contributed by atoms with Crippen LogP contribution in [0, 0.1) is 12.7 Å². The number of anilines is 3. The van der Waals surface area contributed by atoms with E-state index in [2.05, 4.69) is 20.8 Å². The molecule has 0 aliphatic heterocycles. The summed E-state index contributed by atoms with van der Waals surface area (Å²) in [7, 11) is 0. The summed E-state index contributed by atoms with van der Waals surface area (Å²) in [4.78, 5) is 16.2. The van der Waals surface area contributed by atoms with Crippen molar-refractivity contribution >= 4 is 23.1 Å². The van der Waals surface area contributed by atoms with Crippen LogP contribution in [0.25, 0.3) is 0 Å². The number of carbonyl (C=O) groups is 1. The minimum atomic E-state index is -0.362. The van der Waals surface area contributed by atoms with Crippen molar-refractivity contribution in [1.29, 1.82) is 0 Å². The monoisotopic (exact) mass is 312 g/mol. The second kappa shape index (κ2) is 6.27. The van der Waals surface area contributed by atoms with Gasteiger partial charge in [0.2, 0.25) is 0 Å². The first kappa shape index (κ1) is 14.7. The fourth-order valence-corrected chi connectivity index (χ4v) is 1.94. The predicted molar refractivity (Wildman–Crippen MR) is 83.1 cm³/mol. The molecule has 0 radical (unpaired) electrons. The van der Waals surface area contributed by atoms with Gasteiger partial charge in [-0.05, 0) is 37.3 Å². The second-order valence-electron chi connectivity index (χ2n) is 4.87. The zero-order chi connectivity index (χ0) is 16.2. The van der Waals surface area contributed by atoms with Crippen molar-refractivity contribution in [2.45, 2.75) is 6.92 Å². The predicted octanol–water partition coefficient (Wildman–Crippen LogP) is 3.51. The van der Waals surface area contributed by atoms with Crippen molar-refractivity contribution in [3.8, 4) is 0 Å². The van der Waals surface area contributed by atoms with Gasteiger partial charge >= 0.3 is 0 Å². The first-order valence-electron chi connectivity index (χ1n) is 6.82. The number of hydrogen-bond donors (Lipinski definition) is 2. The fourth-order valence-electron chi connectivity index (χ4n) is 1.94. The third-order valence-corrected chi connectivity index (χ3v) is 3.00. The van der Waals surface area contributed by atoms with Gasteiger partial charge in [-0.1, -0.05) is 5.16 Å². The number of nitrogens with one attached hydrogen (secondary N) is 2. The van der Waals surface area contributed by atoms with Crippen LogP contribution >= 0.6 is 0 Å². The highest BCUT2D eigenvalue weighted by Gasteiger charge is 2.09. The van der Waals surface area contributed by atoms with E-state index in [0.717, 1.165) is 0 Å². The summed E-state index contributed by atoms with van der Waals surface area (Å²) in [6.07, 6.45) is 3.01. The minimum absolute atomic E-state index is 0.343. The average Bonchev–Trinajstić information content (AvgIpc) is 2.95. The number of hydrogen-bond acceptors (Lipinski definition) is 5. The van der Waals surface area contributed by atoms with Crippen LogP contribution in [-0.4, -0.2) is 16.0 Å². The summed E-state index contributed by atoms with van der Waals surface area (Å²) in [5.74, 6) is 0.494. The highest BCUT2D eigenvalue weighted by Crippen LogP contribution is 2.17. The lowest BCUT2D eigenvalue weighted by Crippen LogP contribution is -2.12. The lowest BCUT2D eigenvalue weighted by molar-refractivity contribution is 0.102. The van der Waals surface area contributed by atoms with Gasteiger partial charge in [-0.15, -0.1) is 0 Å². The van der Waals surface area contributed by atoms with Gasteiger partial charge in [0.1, 0.15) is 11.6 Å². The van der Waals surface area contributed by atoms with E-state index in [0.29, 0.717) is 28.5 Å². The maximum atomic E-state index is 12.9. The van der Waals surface area contributed by atoms with Crippen molar-refractivity contribution in [1.82, 2.24) is 10.1 Å². The molecule has 0 saturated carbocycles. The van der Waals surface area contributed by atoms with Crippen LogP contribution in [0.1, 0.15) is 16.1 Å². The Bertz CT molecular complexity index is 830. The highest BCUT2D eigenvalue weighted by molar-refractivity contribution is 6.04. The van der Waals surface area contributed by atoms with E-state index in [1.807, 2.05) is 0 Å². The van der Waals surface area contributed by atoms with E-state index in [1.54, 1.807) is 25.3 Å². The lowest BCUT2D eigenvalue weighted by Gasteiger charge is -2.07. The maximum Gasteiger partial charge on any atom is 0.257 e. The first-order valence-corrected chi connectivity index (χ1v) is 6.82. The summed E-state index contributed by atoms with van der Waals surface area (Å²) in [6, 6.07) is 8.89. The van der Waals surface area contributed by atoms with Crippen molar-refractivity contribution < 1.29 is 13.7 Å². The molecule has 0 saturated heterocycles. The van der Waals surface area contributed by atoms with E-state index < -0.39 is 0 Å². The molecule has 1 aromatic carbocycles. The molecule has 2 N–H and O–H groups in total. The summed E-state index contributed by atoms with van der Waals surface area (Å²) < 4.78 is 17.8. The van der Waals surface area contributed by atoms with Crippen LogP contribution in [-0.2, 0) is 0 Å². The third-order valence-electron chi connectivity index (χ3n) is 3.00. The van der Waals surface area contributed by atoms with Crippen molar-refractivity contribution in [2.24, 2.45) is 0 Å². The molecule has 23 heavy (non-hydrogen) atoms. The standard InChI is InChI=1S/C16H13FN4O2/c1-10-6-15(21-23-10)19-14-7-11(8-18-9-14)16(22)20-13-4-2-12(17)3-5-13/h2-9H,1H3,(H,19,21)(H,20,22). The zero-order valence-corrected chi connectivity index (χ0v) is 12.2. The number of aromatic nitrogens is 2. The number of amides is 1. The number of benzene rings is 1. The molecule has 0 spiro atoms. The van der Waals surface area contributed by atoms with E-state index in [4.69, 9.17) is 4.52 Å². The largest absolute Gasteiger partial charge is 0.360 e. The van der Waals surface area contributed by atoms with Crippen LogP contribution in [0.2, 0.25) is 0 Å². The number of rotatable bonds is 4. The molecule has 0 aliphatic carbocycles. The Kier molecular flexibility index (Phi) is 4.01. The molecule has 6 nitrogen and oxygen atoms in total. The zero-order valence-electron chi connectivity index (χ0n) is 12.2. The van der Waals surface area contributed by atoms with E-state index in [1.165, 1.54) is 30.5 Å². The number of aryl methyl sites for hydroxylation is 1. The number of carbonyl (C=O) groups excluding carboxylic acids is 1. The quantitative estimate of drug-likeness (QED) is 0.770. The molecule has 0 aliphatic rings. The second-order valence-corrected chi connectivity index (χ2v) is 4.87. The van der Waals surface area contributed by atoms with Crippen LogP contribution in [0.4, 0.5) is 21.6 Å². The Labute approximate surface area is 131 Å². The maximum absolute atomic E-state index is 12.9. The van der Waals surface area contributed by atoms with E-state index in [9.17, 15) is 9.18 Å². The molecule has 1 amide bonds. The molecule has 0 fully saturated rings. The Morgan fingerprint density at radius 1 is 1.13 bits per heavy atom. The summed E-state index contributed by atoms with van der Waals surface area (Å²) in [6.45, 7) is 1.78. The van der Waals surface area contributed by atoms with Gasteiger partial charge in [0, 0.05) is 18.0 Å². The van der Waals surface area contributed by atoms with Gasteiger partial charge in [-0.25, -0.2) is 4.39 Å². The van der Waals surface area contributed by atoms with Gasteiger partial charge in [-0.3, -0.25) is 9.78 Å². The molecule has 3 rings (SSSR count). The molecule has 0 atom stereocenters. The Morgan fingerprint density at radius 2 is 1.91 bits per heavy atom. The molecule has 2 aromatic heterocycles. The molecule has 7 heteroatoms. The molecule has 0 unspecified atom stereocenters. The number of halogens is 1. The van der Waals surface area contributed by atoms with E-state index >= 15 is 0 Å². The van der Waals surface area contributed by atoms with Crippen molar-refractivity contribution in [2.75, 3.05) is 10.6 Å². The Hall–Kier alpha value is -3.22. The topological polar surface area (TPSA) is 80.0 Å². The molecule has 2 heterocycles. The number of nitrogens with zero attached hydrogens (tertiary/aromatic N) is 2. The summed E-state index contributed by atoms with van der Waals surface area (Å²) >= 11 is 0. The third kappa shape index (κ3) is 3.70. The van der Waals surface area contributed by atoms with Gasteiger partial charge in [0.15, 0.2) is 5.82 Å². The van der Waals surface area contributed by atoms with Gasteiger partial charge < -0.3 is 15.2 Å². The van der Waals surface area contributed by atoms with Crippen molar-refractivity contribution in [3.05, 3.63) is 65.9 Å². The Balaban J connectivity index is 1.73. The summed E-state index contributed by atoms with van der Waals surface area (Å²) in [5.41, 5.74) is 1.46. The van der Waals surface area contributed by atoms with Crippen LogP contribution in [0.5, 0.6) is 0 Å². The summed E-state index contributed by atoms with van der Waals surface area (Å²) in [5, 5.41) is 9.48. The Morgan fingerprint density at radius 3 is 2.61 bits per heavy atom. The lowest BCUT2D eigenvalue weighted by atomic mass is 10.2. The molecule has 0 bridgehead atoms. The highest BCUT2D eigenvalue weighted by atomic mass is 19.1. The van der Waals surface area contributed by atoms with Crippen LogP contribution in [0.15, 0.2) is 53.3 Å². The minimum Gasteiger partial charge on any atom is -0.360 e. The molecular weight excluding hydrogens is 299 g/mol. The molecule has 3 aromatic rings. The van der Waals surface area contributed by atoms with Gasteiger partial charge in [0.05, 0.1) is 17.4 Å². The normalized spacial score (nSPS) is 10.3. The fraction of sp³-hybridized carbons (Fsp3) is 0.0625. The van der Waals surface area contributed by atoms with Crippen LogP contribution < -0.4 is 10.6 Å². The SMILES string of the molecule is Cc1cc(Nc2cncc(C(=O)Nc3ccc(F)cc3)c2)no1. The molecular formula is C16H13FN4O2. The molecule has 116 valence electrons. The van der Waals surface area contributed by atoms with Gasteiger partial charge in [-0.2, -0.15) is 0 Å². The number of pyridine rings is 1. The first-order chi connectivity index (χ1) is 11.1.